The van der Waals surface area contributed by atoms with Crippen LogP contribution < -0.4 is 68.0 Å². The molecule has 0 spiro atoms. The lowest BCUT2D eigenvalue weighted by Gasteiger charge is -2.33. The van der Waals surface area contributed by atoms with Gasteiger partial charge in [0, 0.05) is 99.0 Å². The minimum absolute atomic E-state index is 0. The first-order valence-electron chi connectivity index (χ1n) is 33.1. The van der Waals surface area contributed by atoms with E-state index in [1.54, 1.807) is 42.3 Å². The van der Waals surface area contributed by atoms with E-state index in [2.05, 4.69) is 86.5 Å². The standard InChI is InChI=1S/C26H39N5O3.C17H29N5O.C9H20N2O.C9H13NO2.C8H8Cl2N2.2CH4.ClH/c1-6-7-14-26(3,17-28-18(2)32)31-24-21-10-8-9-11-22(21)29-25(30-24)27-16-19-12-13-20(33-4)15-23(19)34-5;1-4-5-10-17(3,11-19-12(2)23)22-15-13-8-6-7-9-14(13)20-16(18)21-15;1-4-5-6-9(3,10)7-11-8(2)12;1-11-8-4-3-7(6-10)9(5-8)12-2;9-7-5-3-1-2-4-6(5)11-8(10)12-7;;;/h12-13,15H,6-11,14,16-17H2,1-5H3,(H,28,32)(H2,27,29,30,31);4-11H2,1-3H3,(H,19,23)(H3,18,20,21,22);4-7,10H2,1-3H3,(H,11,12);3-5H,6,10H2,1-2H3;1-4H2;2*1H4;1H/t26-;17-;9-;;;;;/m111...../s1. The van der Waals surface area contributed by atoms with Crippen LogP contribution in [0.3, 0.4) is 0 Å². The van der Waals surface area contributed by atoms with E-state index in [0.717, 1.165) is 190 Å². The first kappa shape index (κ1) is 87.3. The van der Waals surface area contributed by atoms with Crippen molar-refractivity contribution in [2.45, 2.75) is 242 Å². The van der Waals surface area contributed by atoms with Gasteiger partial charge in [-0.05, 0) is 147 Å². The van der Waals surface area contributed by atoms with E-state index < -0.39 is 0 Å². The Morgan fingerprint density at radius 2 is 0.958 bits per heavy atom. The third-order valence-electron chi connectivity index (χ3n) is 16.4. The zero-order valence-corrected chi connectivity index (χ0v) is 60.6. The number of unbranched alkanes of at least 4 members (excludes halogenated alkanes) is 3. The van der Waals surface area contributed by atoms with Crippen molar-refractivity contribution in [3.8, 4) is 23.0 Å². The van der Waals surface area contributed by atoms with Gasteiger partial charge in [-0.15, -0.1) is 12.4 Å². The van der Waals surface area contributed by atoms with Crippen molar-refractivity contribution in [1.82, 2.24) is 45.9 Å². The highest BCUT2D eigenvalue weighted by atomic mass is 35.5. The van der Waals surface area contributed by atoms with Crippen LogP contribution in [0.25, 0.3) is 0 Å². The summed E-state index contributed by atoms with van der Waals surface area (Å²) in [6, 6.07) is 11.4. The molecular weight excluding hydrogens is 1280 g/mol. The Balaban J connectivity index is 0.000000642. The molecule has 0 saturated heterocycles. The Bertz CT molecular complexity index is 3150. The predicted molar refractivity (Wildman–Crippen MR) is 397 cm³/mol. The Morgan fingerprint density at radius 1 is 0.542 bits per heavy atom. The molecule has 2 aromatic carbocycles. The molecule has 5 aromatic rings. The molecule has 540 valence electrons. The molecule has 25 heteroatoms. The number of nitrogens with two attached hydrogens (primary N) is 3. The molecule has 3 heterocycles. The van der Waals surface area contributed by atoms with Gasteiger partial charge in [-0.1, -0.05) is 91.8 Å². The number of hydrogen-bond acceptors (Lipinski definition) is 19. The Labute approximate surface area is 590 Å². The van der Waals surface area contributed by atoms with Gasteiger partial charge < -0.3 is 68.0 Å². The highest BCUT2D eigenvalue weighted by molar-refractivity contribution is 6.32. The van der Waals surface area contributed by atoms with Gasteiger partial charge in [-0.25, -0.2) is 19.9 Å². The molecule has 3 aliphatic rings. The van der Waals surface area contributed by atoms with Crippen LogP contribution in [0.15, 0.2) is 36.4 Å². The van der Waals surface area contributed by atoms with Crippen LogP contribution in [-0.2, 0) is 66.0 Å². The molecule has 22 nitrogen and oxygen atoms in total. The number of anilines is 4. The SMILES string of the molecule is C.C.CCCC[C@@](C)(N)CNC(C)=O.CCCC[C@](C)(CNC(C)=O)Nc1nc(N)nc2c1CCCC2.CCCC[C@](C)(CNC(C)=O)Nc1nc(NCc2ccc(OC)cc2OC)nc2c1CCCC2.COc1ccc(CN)c(OC)c1.Cl.Clc1nc(Cl)c2c(n1)CCCC2. The van der Waals surface area contributed by atoms with Gasteiger partial charge in [-0.3, -0.25) is 14.4 Å². The number of nitrogen functional groups attached to an aromatic ring is 1. The predicted octanol–water partition coefficient (Wildman–Crippen LogP) is 13.5. The maximum atomic E-state index is 11.6. The molecule has 8 rings (SSSR count). The van der Waals surface area contributed by atoms with Gasteiger partial charge in [-0.2, -0.15) is 9.97 Å². The summed E-state index contributed by atoms with van der Waals surface area (Å²) >= 11 is 11.6. The number of hydrogen-bond donors (Lipinski definition) is 9. The van der Waals surface area contributed by atoms with Crippen molar-refractivity contribution in [3.05, 3.63) is 91.7 Å². The minimum atomic E-state index is -0.294. The smallest absolute Gasteiger partial charge is 0.225 e. The zero-order chi connectivity index (χ0) is 68.6. The molecule has 3 amide bonds. The summed E-state index contributed by atoms with van der Waals surface area (Å²) < 4.78 is 21.0. The number of carbonyl (C=O) groups excluding carboxylic acids is 3. The van der Waals surface area contributed by atoms with Crippen LogP contribution >= 0.6 is 35.6 Å². The molecule has 3 aromatic heterocycles. The third-order valence-corrected chi connectivity index (χ3v) is 16.9. The second-order valence-corrected chi connectivity index (χ2v) is 25.7. The van der Waals surface area contributed by atoms with E-state index in [0.29, 0.717) is 49.8 Å². The number of aromatic nitrogens is 6. The maximum Gasteiger partial charge on any atom is 0.225 e. The van der Waals surface area contributed by atoms with Crippen molar-refractivity contribution >= 4 is 76.9 Å². The normalized spacial score (nSPS) is 14.1. The van der Waals surface area contributed by atoms with Crippen LogP contribution in [-0.4, -0.2) is 112 Å². The lowest BCUT2D eigenvalue weighted by Crippen LogP contribution is -2.47. The van der Waals surface area contributed by atoms with E-state index in [9.17, 15) is 14.4 Å². The number of nitrogens with zero attached hydrogens (tertiary/aromatic N) is 6. The van der Waals surface area contributed by atoms with Crippen molar-refractivity contribution in [2.24, 2.45) is 11.5 Å². The van der Waals surface area contributed by atoms with E-state index in [-0.39, 0.29) is 66.9 Å². The molecular formula is C71H118Cl3N15O7. The second kappa shape index (κ2) is 45.0. The number of halogens is 3. The van der Waals surface area contributed by atoms with E-state index in [4.69, 9.17) is 69.3 Å². The van der Waals surface area contributed by atoms with Gasteiger partial charge in [0.15, 0.2) is 0 Å². The fourth-order valence-corrected chi connectivity index (χ4v) is 11.4. The zero-order valence-electron chi connectivity index (χ0n) is 58.3. The highest BCUT2D eigenvalue weighted by Crippen LogP contribution is 2.33. The van der Waals surface area contributed by atoms with Crippen molar-refractivity contribution in [2.75, 3.05) is 69.8 Å². The first-order valence-corrected chi connectivity index (χ1v) is 33.8. The largest absolute Gasteiger partial charge is 0.497 e. The molecule has 12 N–H and O–H groups in total. The monoisotopic (exact) mass is 1400 g/mol. The minimum Gasteiger partial charge on any atom is -0.497 e. The third kappa shape index (κ3) is 30.4. The molecule has 3 atom stereocenters. The van der Waals surface area contributed by atoms with Gasteiger partial charge in [0.2, 0.25) is 34.9 Å². The number of methoxy groups -OCH3 is 4. The number of ether oxygens (including phenoxy) is 4. The van der Waals surface area contributed by atoms with E-state index in [1.807, 2.05) is 43.3 Å². The van der Waals surface area contributed by atoms with Crippen molar-refractivity contribution in [3.63, 3.8) is 0 Å². The van der Waals surface area contributed by atoms with Crippen molar-refractivity contribution < 1.29 is 33.3 Å². The van der Waals surface area contributed by atoms with Gasteiger partial charge in [0.05, 0.1) is 56.6 Å². The summed E-state index contributed by atoms with van der Waals surface area (Å²) in [6.45, 7) is 20.1. The van der Waals surface area contributed by atoms with Crippen LogP contribution in [0, 0.1) is 0 Å². The van der Waals surface area contributed by atoms with Crippen LogP contribution in [0.5, 0.6) is 23.0 Å². The van der Waals surface area contributed by atoms with Crippen LogP contribution in [0.1, 0.15) is 218 Å². The Morgan fingerprint density at radius 3 is 1.42 bits per heavy atom. The van der Waals surface area contributed by atoms with Gasteiger partial charge >= 0.3 is 0 Å². The fourth-order valence-electron chi connectivity index (χ4n) is 10.9. The molecule has 0 saturated carbocycles. The van der Waals surface area contributed by atoms with Gasteiger partial charge in [0.1, 0.15) is 39.8 Å². The lowest BCUT2D eigenvalue weighted by molar-refractivity contribution is -0.120. The molecule has 0 unspecified atom stereocenters. The first-order chi connectivity index (χ1) is 44.4. The van der Waals surface area contributed by atoms with Crippen LogP contribution in [0.4, 0.5) is 23.5 Å². The summed E-state index contributed by atoms with van der Waals surface area (Å²) in [5.74, 6) is 5.65. The average Bonchev–Trinajstić information content (AvgIpc) is 0.850. The summed E-state index contributed by atoms with van der Waals surface area (Å²) in [5, 5.41) is 20.1. The number of benzene rings is 2. The Kier molecular flexibility index (Phi) is 40.9. The molecule has 0 radical (unpaired) electrons. The second-order valence-electron chi connectivity index (χ2n) is 25.0. The van der Waals surface area contributed by atoms with Gasteiger partial charge in [0.25, 0.3) is 0 Å². The van der Waals surface area contributed by atoms with E-state index >= 15 is 0 Å². The number of fused-ring (bicyclic) bond motifs is 3. The molecule has 0 aliphatic heterocycles. The fraction of sp³-hybridized carbons (Fsp3) is 0.620. The van der Waals surface area contributed by atoms with Crippen LogP contribution in [0.2, 0.25) is 10.4 Å². The lowest BCUT2D eigenvalue weighted by atomic mass is 9.92. The number of carbonyl (C=O) groups is 3. The summed E-state index contributed by atoms with van der Waals surface area (Å²) in [7, 11) is 6.54. The van der Waals surface area contributed by atoms with Crippen molar-refractivity contribution in [1.29, 1.82) is 0 Å². The Hall–Kier alpha value is -6.72. The highest BCUT2D eigenvalue weighted by Gasteiger charge is 2.30. The maximum absolute atomic E-state index is 11.6. The molecule has 0 bridgehead atoms. The number of rotatable bonds is 27. The van der Waals surface area contributed by atoms with E-state index in [1.165, 1.54) is 30.9 Å². The molecule has 0 fully saturated rings. The number of amides is 3. The quantitative estimate of drug-likeness (QED) is 0.0174. The summed E-state index contributed by atoms with van der Waals surface area (Å²) in [5.41, 5.74) is 25.2. The molecule has 3 aliphatic carbocycles. The average molecular weight is 1400 g/mol. The topological polar surface area (TPSA) is 316 Å². The number of aryl methyl sites for hydroxylation is 3. The summed E-state index contributed by atoms with van der Waals surface area (Å²) in [6.07, 6.45) is 22.3. The number of nitrogens with one attached hydrogen (secondary N) is 6. The molecule has 96 heavy (non-hydrogen) atoms. The summed E-state index contributed by atoms with van der Waals surface area (Å²) in [4.78, 5) is 60.2.